The summed E-state index contributed by atoms with van der Waals surface area (Å²) in [7, 11) is 0. The van der Waals surface area contributed by atoms with Gasteiger partial charge in [0.05, 0.1) is 11.6 Å². The molecule has 0 aromatic carbocycles. The van der Waals surface area contributed by atoms with E-state index in [0.29, 0.717) is 24.1 Å². The second-order valence-electron chi connectivity index (χ2n) is 6.82. The van der Waals surface area contributed by atoms with Crippen LogP contribution in [0.3, 0.4) is 0 Å². The maximum absolute atomic E-state index is 9.44. The molecule has 0 radical (unpaired) electrons. The largest absolute Gasteiger partial charge is 0.476 e. The number of hydrogen-bond acceptors (Lipinski definition) is 4. The Morgan fingerprint density at radius 3 is 2.77 bits per heavy atom. The highest BCUT2D eigenvalue weighted by atomic mass is 35.5. The van der Waals surface area contributed by atoms with Gasteiger partial charge in [-0.25, -0.2) is 4.98 Å². The van der Waals surface area contributed by atoms with Crippen LogP contribution in [0.5, 0.6) is 5.88 Å². The summed E-state index contributed by atoms with van der Waals surface area (Å²) < 4.78 is 5.59. The van der Waals surface area contributed by atoms with Gasteiger partial charge in [-0.2, -0.15) is 0 Å². The molecule has 1 aliphatic carbocycles. The minimum atomic E-state index is 0.152. The van der Waals surface area contributed by atoms with Gasteiger partial charge in [0.1, 0.15) is 6.61 Å². The maximum Gasteiger partial charge on any atom is 0.213 e. The molecule has 1 fully saturated rings. The van der Waals surface area contributed by atoms with E-state index < -0.39 is 0 Å². The van der Waals surface area contributed by atoms with Crippen LogP contribution in [0.25, 0.3) is 0 Å². The summed E-state index contributed by atoms with van der Waals surface area (Å²) in [6.45, 7) is 4.96. The first kappa shape index (κ1) is 20.8. The summed E-state index contributed by atoms with van der Waals surface area (Å²) >= 11 is 5.81. The first-order valence-corrected chi connectivity index (χ1v) is 9.93. The second-order valence-corrected chi connectivity index (χ2v) is 7.26. The Morgan fingerprint density at radius 1 is 1.31 bits per heavy atom. The van der Waals surface area contributed by atoms with Crippen LogP contribution in [0.4, 0.5) is 0 Å². The number of aliphatic imine (C=N–C) groups is 1. The Balaban J connectivity index is 1.82. The van der Waals surface area contributed by atoms with Crippen molar-refractivity contribution in [2.45, 2.75) is 45.4 Å². The normalized spacial score (nSPS) is 17.0. The van der Waals surface area contributed by atoms with Crippen LogP contribution in [0.1, 0.15) is 45.4 Å². The lowest BCUT2D eigenvalue weighted by molar-refractivity contribution is 0.137. The molecule has 0 saturated heterocycles. The van der Waals surface area contributed by atoms with Crippen molar-refractivity contribution in [2.75, 3.05) is 32.8 Å². The van der Waals surface area contributed by atoms with Gasteiger partial charge in [0.25, 0.3) is 0 Å². The van der Waals surface area contributed by atoms with Gasteiger partial charge in [-0.3, -0.25) is 4.99 Å². The molecule has 26 heavy (non-hydrogen) atoms. The lowest BCUT2D eigenvalue weighted by Crippen LogP contribution is -2.40. The molecular formula is C19H31ClN4O2. The van der Waals surface area contributed by atoms with Gasteiger partial charge in [0.2, 0.25) is 5.88 Å². The number of guanidine groups is 1. The van der Waals surface area contributed by atoms with Crippen LogP contribution < -0.4 is 15.4 Å². The van der Waals surface area contributed by atoms with E-state index in [9.17, 15) is 5.11 Å². The number of aliphatic hydroxyl groups excluding tert-OH is 1. The highest BCUT2D eigenvalue weighted by Crippen LogP contribution is 2.39. The zero-order valence-corrected chi connectivity index (χ0v) is 16.4. The SMILES string of the molecule is CCNC(=NCC1(CCO)CCCCC1)NCCOc1ccc(Cl)cn1. The van der Waals surface area contributed by atoms with Gasteiger partial charge in [0.15, 0.2) is 5.96 Å². The highest BCUT2D eigenvalue weighted by molar-refractivity contribution is 6.30. The summed E-state index contributed by atoms with van der Waals surface area (Å²) in [5, 5.41) is 16.6. The lowest BCUT2D eigenvalue weighted by atomic mass is 9.72. The average molecular weight is 383 g/mol. The van der Waals surface area contributed by atoms with Gasteiger partial charge < -0.3 is 20.5 Å². The second kappa shape index (κ2) is 11.2. The standard InChI is InChI=1S/C19H31ClN4O2/c1-2-21-18(22-11-13-26-17-7-6-16(20)14-23-17)24-15-19(10-12-25)8-4-3-5-9-19/h6-7,14,25H,2-5,8-13,15H2,1H3,(H2,21,22,24). The van der Waals surface area contributed by atoms with Crippen LogP contribution in [0, 0.1) is 5.41 Å². The molecule has 1 saturated carbocycles. The fourth-order valence-corrected chi connectivity index (χ4v) is 3.50. The van der Waals surface area contributed by atoms with Crippen LogP contribution >= 0.6 is 11.6 Å². The molecule has 1 aromatic rings. The van der Waals surface area contributed by atoms with Gasteiger partial charge in [0, 0.05) is 32.0 Å². The number of rotatable bonds is 9. The molecule has 7 heteroatoms. The van der Waals surface area contributed by atoms with E-state index in [1.54, 1.807) is 18.3 Å². The van der Waals surface area contributed by atoms with E-state index in [1.807, 2.05) is 0 Å². The van der Waals surface area contributed by atoms with Crippen molar-refractivity contribution >= 4 is 17.6 Å². The zero-order valence-electron chi connectivity index (χ0n) is 15.6. The van der Waals surface area contributed by atoms with Gasteiger partial charge in [-0.1, -0.05) is 30.9 Å². The molecular weight excluding hydrogens is 352 g/mol. The summed E-state index contributed by atoms with van der Waals surface area (Å²) in [6.07, 6.45) is 8.49. The third-order valence-corrected chi connectivity index (χ3v) is 5.04. The Labute approximate surface area is 161 Å². The molecule has 0 aliphatic heterocycles. The van der Waals surface area contributed by atoms with Gasteiger partial charge in [-0.15, -0.1) is 0 Å². The number of nitrogens with zero attached hydrogens (tertiary/aromatic N) is 2. The third kappa shape index (κ3) is 7.00. The Hall–Kier alpha value is -1.53. The highest BCUT2D eigenvalue weighted by Gasteiger charge is 2.31. The minimum Gasteiger partial charge on any atom is -0.476 e. The molecule has 3 N–H and O–H groups in total. The van der Waals surface area contributed by atoms with Gasteiger partial charge >= 0.3 is 0 Å². The van der Waals surface area contributed by atoms with Crippen LogP contribution in [0.15, 0.2) is 23.3 Å². The summed E-state index contributed by atoms with van der Waals surface area (Å²) in [5.41, 5.74) is 0.152. The Kier molecular flexibility index (Phi) is 8.98. The van der Waals surface area contributed by atoms with E-state index in [2.05, 4.69) is 22.5 Å². The van der Waals surface area contributed by atoms with Crippen molar-refractivity contribution in [3.05, 3.63) is 23.4 Å². The summed E-state index contributed by atoms with van der Waals surface area (Å²) in [4.78, 5) is 8.89. The minimum absolute atomic E-state index is 0.152. The summed E-state index contributed by atoms with van der Waals surface area (Å²) in [6, 6.07) is 3.51. The van der Waals surface area contributed by atoms with E-state index in [0.717, 1.165) is 38.3 Å². The molecule has 1 aromatic heterocycles. The Morgan fingerprint density at radius 2 is 2.12 bits per heavy atom. The molecule has 2 rings (SSSR count). The molecule has 1 heterocycles. The van der Waals surface area contributed by atoms with Crippen LogP contribution in [0.2, 0.25) is 5.02 Å². The average Bonchev–Trinajstić information content (AvgIpc) is 2.65. The number of hydrogen-bond donors (Lipinski definition) is 3. The fraction of sp³-hybridized carbons (Fsp3) is 0.684. The quantitative estimate of drug-likeness (QED) is 0.347. The van der Waals surface area contributed by atoms with Crippen LogP contribution in [-0.4, -0.2) is 48.9 Å². The summed E-state index contributed by atoms with van der Waals surface area (Å²) in [5.74, 6) is 1.35. The number of pyridine rings is 1. The first-order chi connectivity index (χ1) is 12.7. The molecule has 1 aliphatic rings. The topological polar surface area (TPSA) is 78.8 Å². The molecule has 0 spiro atoms. The van der Waals surface area contributed by atoms with Crippen molar-refractivity contribution in [2.24, 2.45) is 10.4 Å². The van der Waals surface area contributed by atoms with E-state index in [1.165, 1.54) is 19.3 Å². The van der Waals surface area contributed by atoms with Crippen LogP contribution in [-0.2, 0) is 0 Å². The zero-order chi connectivity index (χ0) is 18.7. The molecule has 6 nitrogen and oxygen atoms in total. The van der Waals surface area contributed by atoms with Crippen molar-refractivity contribution in [3.8, 4) is 5.88 Å². The number of halogens is 1. The fourth-order valence-electron chi connectivity index (χ4n) is 3.39. The first-order valence-electron chi connectivity index (χ1n) is 9.55. The van der Waals surface area contributed by atoms with E-state index >= 15 is 0 Å². The van der Waals surface area contributed by atoms with Crippen molar-refractivity contribution in [3.63, 3.8) is 0 Å². The smallest absolute Gasteiger partial charge is 0.213 e. The van der Waals surface area contributed by atoms with E-state index in [4.69, 9.17) is 21.3 Å². The molecule has 0 unspecified atom stereocenters. The predicted molar refractivity (Wildman–Crippen MR) is 106 cm³/mol. The predicted octanol–water partition coefficient (Wildman–Crippen LogP) is 3.00. The Bertz CT molecular complexity index is 539. The van der Waals surface area contributed by atoms with E-state index in [-0.39, 0.29) is 12.0 Å². The monoisotopic (exact) mass is 382 g/mol. The number of nitrogens with one attached hydrogen (secondary N) is 2. The van der Waals surface area contributed by atoms with Crippen molar-refractivity contribution < 1.29 is 9.84 Å². The number of aliphatic hydroxyl groups is 1. The molecule has 0 amide bonds. The maximum atomic E-state index is 9.44. The third-order valence-electron chi connectivity index (χ3n) is 4.82. The number of aromatic nitrogens is 1. The van der Waals surface area contributed by atoms with Gasteiger partial charge in [-0.05, 0) is 37.7 Å². The molecule has 0 atom stereocenters. The van der Waals surface area contributed by atoms with Crippen molar-refractivity contribution in [1.29, 1.82) is 0 Å². The number of ether oxygens (including phenoxy) is 1. The molecule has 0 bridgehead atoms. The lowest BCUT2D eigenvalue weighted by Gasteiger charge is -2.35. The molecule has 146 valence electrons. The van der Waals surface area contributed by atoms with Crippen molar-refractivity contribution in [1.82, 2.24) is 15.6 Å².